The van der Waals surface area contributed by atoms with E-state index in [1.165, 1.54) is 12.1 Å². The summed E-state index contributed by atoms with van der Waals surface area (Å²) < 4.78 is 32.5. The van der Waals surface area contributed by atoms with E-state index < -0.39 is 21.8 Å². The maximum atomic E-state index is 12.1. The lowest BCUT2D eigenvalue weighted by atomic mass is 10.2. The number of carbonyl (C=O) groups is 2. The summed E-state index contributed by atoms with van der Waals surface area (Å²) in [5.41, 5.74) is 4.86. The maximum absolute atomic E-state index is 12.1. The summed E-state index contributed by atoms with van der Waals surface area (Å²) in [5.74, 6) is -0.386. The zero-order chi connectivity index (χ0) is 20.6. The average Bonchev–Trinajstić information content (AvgIpc) is 2.67. The molecule has 0 bridgehead atoms. The minimum Gasteiger partial charge on any atom is -0.494 e. The second kappa shape index (κ2) is 10.2. The van der Waals surface area contributed by atoms with Crippen molar-refractivity contribution in [3.63, 3.8) is 0 Å². The Balaban J connectivity index is 1.77. The lowest BCUT2D eigenvalue weighted by Gasteiger charge is -2.09. The predicted molar refractivity (Wildman–Crippen MR) is 107 cm³/mol. The summed E-state index contributed by atoms with van der Waals surface area (Å²) in [6, 6.07) is 12.6. The Kier molecular flexibility index (Phi) is 7.97. The number of benzene rings is 2. The van der Waals surface area contributed by atoms with E-state index in [1.807, 2.05) is 6.92 Å². The second-order valence-electron chi connectivity index (χ2n) is 5.56. The molecule has 2 rings (SSSR count). The van der Waals surface area contributed by atoms with E-state index in [-0.39, 0.29) is 17.9 Å². The summed E-state index contributed by atoms with van der Waals surface area (Å²) >= 11 is 3.21. The molecule has 10 heteroatoms. The highest BCUT2D eigenvalue weighted by molar-refractivity contribution is 9.10. The number of amides is 2. The van der Waals surface area contributed by atoms with Crippen molar-refractivity contribution in [1.82, 2.24) is 15.6 Å². The number of hydrazine groups is 1. The van der Waals surface area contributed by atoms with Gasteiger partial charge in [0.15, 0.2) is 0 Å². The molecular weight excluding hydrogens is 450 g/mol. The molecule has 150 valence electrons. The van der Waals surface area contributed by atoms with E-state index in [9.17, 15) is 18.0 Å². The van der Waals surface area contributed by atoms with Gasteiger partial charge in [-0.25, -0.2) is 13.1 Å². The van der Waals surface area contributed by atoms with Crippen molar-refractivity contribution in [2.45, 2.75) is 18.2 Å². The van der Waals surface area contributed by atoms with Crippen LogP contribution in [0.3, 0.4) is 0 Å². The van der Waals surface area contributed by atoms with Crippen LogP contribution in [-0.2, 0) is 14.8 Å². The average molecular weight is 470 g/mol. The Labute approximate surface area is 171 Å². The predicted octanol–water partition coefficient (Wildman–Crippen LogP) is 1.98. The largest absolute Gasteiger partial charge is 0.494 e. The number of halogens is 1. The molecule has 0 radical (unpaired) electrons. The van der Waals surface area contributed by atoms with Crippen LogP contribution in [0.25, 0.3) is 0 Å². The molecule has 28 heavy (non-hydrogen) atoms. The summed E-state index contributed by atoms with van der Waals surface area (Å²) in [6.07, 6.45) is -0.142. The SMILES string of the molecule is CCOc1ccc(C(=O)NNC(=O)CCNS(=O)(=O)c2cccc(Br)c2)cc1. The Morgan fingerprint density at radius 3 is 2.43 bits per heavy atom. The minimum absolute atomic E-state index is 0.0890. The fourth-order valence-electron chi connectivity index (χ4n) is 2.15. The van der Waals surface area contributed by atoms with Crippen LogP contribution < -0.4 is 20.3 Å². The molecule has 0 heterocycles. The zero-order valence-electron chi connectivity index (χ0n) is 15.1. The van der Waals surface area contributed by atoms with Gasteiger partial charge in [-0.15, -0.1) is 0 Å². The highest BCUT2D eigenvalue weighted by Gasteiger charge is 2.14. The lowest BCUT2D eigenvalue weighted by Crippen LogP contribution is -2.42. The van der Waals surface area contributed by atoms with Gasteiger partial charge in [0.05, 0.1) is 11.5 Å². The van der Waals surface area contributed by atoms with Crippen molar-refractivity contribution in [3.05, 3.63) is 58.6 Å². The fourth-order valence-corrected chi connectivity index (χ4v) is 3.77. The number of hydrogen-bond donors (Lipinski definition) is 3. The number of rotatable bonds is 8. The topological polar surface area (TPSA) is 114 Å². The minimum atomic E-state index is -3.72. The number of nitrogens with one attached hydrogen (secondary N) is 3. The van der Waals surface area contributed by atoms with Crippen molar-refractivity contribution in [1.29, 1.82) is 0 Å². The number of carbonyl (C=O) groups excluding carboxylic acids is 2. The summed E-state index contributed by atoms with van der Waals surface area (Å²) in [5, 5.41) is 0. The molecule has 0 saturated carbocycles. The van der Waals surface area contributed by atoms with Crippen molar-refractivity contribution in [2.75, 3.05) is 13.2 Å². The van der Waals surface area contributed by atoms with Crippen molar-refractivity contribution in [2.24, 2.45) is 0 Å². The van der Waals surface area contributed by atoms with Gasteiger partial charge in [-0.2, -0.15) is 0 Å². The van der Waals surface area contributed by atoms with E-state index in [2.05, 4.69) is 31.5 Å². The van der Waals surface area contributed by atoms with Crippen LogP contribution in [-0.4, -0.2) is 33.4 Å². The molecule has 0 saturated heterocycles. The summed E-state index contributed by atoms with van der Waals surface area (Å²) in [6.45, 7) is 2.27. The van der Waals surface area contributed by atoms with E-state index in [0.29, 0.717) is 22.4 Å². The van der Waals surface area contributed by atoms with Crippen molar-refractivity contribution >= 4 is 37.8 Å². The maximum Gasteiger partial charge on any atom is 0.269 e. The third-order valence-electron chi connectivity index (χ3n) is 3.49. The number of ether oxygens (including phenoxy) is 1. The number of sulfonamides is 1. The van der Waals surface area contributed by atoms with Gasteiger partial charge in [0, 0.05) is 23.0 Å². The monoisotopic (exact) mass is 469 g/mol. The first-order valence-corrected chi connectivity index (χ1v) is 10.7. The van der Waals surface area contributed by atoms with Gasteiger partial charge < -0.3 is 4.74 Å². The first-order chi connectivity index (χ1) is 13.3. The molecule has 0 unspecified atom stereocenters. The third kappa shape index (κ3) is 6.63. The molecule has 8 nitrogen and oxygen atoms in total. The van der Waals surface area contributed by atoms with E-state index in [1.54, 1.807) is 36.4 Å². The van der Waals surface area contributed by atoms with Crippen LogP contribution in [0, 0.1) is 0 Å². The standard InChI is InChI=1S/C18H20BrN3O5S/c1-2-27-15-8-6-13(7-9-15)18(24)22-21-17(23)10-11-20-28(25,26)16-5-3-4-14(19)12-16/h3-9,12,20H,2,10-11H2,1H3,(H,21,23)(H,22,24). The zero-order valence-corrected chi connectivity index (χ0v) is 17.5. The Morgan fingerprint density at radius 2 is 1.79 bits per heavy atom. The molecule has 0 aliphatic heterocycles. The highest BCUT2D eigenvalue weighted by Crippen LogP contribution is 2.15. The van der Waals surface area contributed by atoms with Crippen LogP contribution >= 0.6 is 15.9 Å². The van der Waals surface area contributed by atoms with Gasteiger partial charge in [-0.3, -0.25) is 20.4 Å². The van der Waals surface area contributed by atoms with Crippen LogP contribution in [0.5, 0.6) is 5.75 Å². The van der Waals surface area contributed by atoms with Gasteiger partial charge >= 0.3 is 0 Å². The highest BCUT2D eigenvalue weighted by atomic mass is 79.9. The first-order valence-electron chi connectivity index (χ1n) is 8.39. The molecule has 2 aromatic rings. The first kappa shape index (κ1) is 21.9. The molecular formula is C18H20BrN3O5S. The smallest absolute Gasteiger partial charge is 0.269 e. The van der Waals surface area contributed by atoms with Crippen LogP contribution in [0.2, 0.25) is 0 Å². The fraction of sp³-hybridized carbons (Fsp3) is 0.222. The van der Waals surface area contributed by atoms with Crippen LogP contribution in [0.1, 0.15) is 23.7 Å². The van der Waals surface area contributed by atoms with E-state index >= 15 is 0 Å². The summed E-state index contributed by atoms with van der Waals surface area (Å²) in [4.78, 5) is 23.9. The molecule has 0 atom stereocenters. The molecule has 0 aromatic heterocycles. The summed E-state index contributed by atoms with van der Waals surface area (Å²) in [7, 11) is -3.72. The van der Waals surface area contributed by atoms with Crippen LogP contribution in [0.4, 0.5) is 0 Å². The van der Waals surface area contributed by atoms with Gasteiger partial charge in [-0.05, 0) is 49.4 Å². The Hall–Kier alpha value is -2.43. The van der Waals surface area contributed by atoms with Gasteiger partial charge in [0.25, 0.3) is 5.91 Å². The van der Waals surface area contributed by atoms with Crippen molar-refractivity contribution in [3.8, 4) is 5.75 Å². The van der Waals surface area contributed by atoms with Crippen molar-refractivity contribution < 1.29 is 22.7 Å². The molecule has 0 spiro atoms. The van der Waals surface area contributed by atoms with E-state index in [0.717, 1.165) is 0 Å². The van der Waals surface area contributed by atoms with Gasteiger partial charge in [-0.1, -0.05) is 22.0 Å². The van der Waals surface area contributed by atoms with Gasteiger partial charge in [0.1, 0.15) is 5.75 Å². The molecule has 2 aromatic carbocycles. The van der Waals surface area contributed by atoms with Crippen LogP contribution in [0.15, 0.2) is 57.9 Å². The van der Waals surface area contributed by atoms with E-state index in [4.69, 9.17) is 4.74 Å². The Morgan fingerprint density at radius 1 is 1.07 bits per heavy atom. The normalized spacial score (nSPS) is 10.9. The molecule has 2 amide bonds. The number of hydrogen-bond acceptors (Lipinski definition) is 5. The quantitative estimate of drug-likeness (QED) is 0.511. The molecule has 3 N–H and O–H groups in total. The molecule has 0 aliphatic carbocycles. The van der Waals surface area contributed by atoms with Gasteiger partial charge in [0.2, 0.25) is 15.9 Å². The second-order valence-corrected chi connectivity index (χ2v) is 8.25. The third-order valence-corrected chi connectivity index (χ3v) is 5.45. The molecule has 0 fully saturated rings. The molecule has 0 aliphatic rings. The Bertz CT molecular complexity index is 932. The lowest BCUT2D eigenvalue weighted by molar-refractivity contribution is -0.121.